The standard InChI is InChI=1S/C18H20BrF/c1-12-6-5-7-15(17(12)20)16(19)13-8-10-14(11-9-13)18(2,3)4/h5-11,16H,1-4H3. The molecule has 1 atom stereocenters. The first-order valence-corrected chi connectivity index (χ1v) is 7.72. The maximum absolute atomic E-state index is 14.2. The number of rotatable bonds is 2. The highest BCUT2D eigenvalue weighted by Gasteiger charge is 2.18. The minimum Gasteiger partial charge on any atom is -0.206 e. The molecule has 0 aromatic heterocycles. The van der Waals surface area contributed by atoms with Gasteiger partial charge < -0.3 is 0 Å². The minimum atomic E-state index is -0.130. The molecule has 0 saturated carbocycles. The summed E-state index contributed by atoms with van der Waals surface area (Å²) in [5.41, 5.74) is 3.86. The van der Waals surface area contributed by atoms with Crippen LogP contribution >= 0.6 is 15.9 Å². The molecular formula is C18H20BrF. The molecule has 0 aliphatic heterocycles. The molecule has 2 rings (SSSR count). The summed E-state index contributed by atoms with van der Waals surface area (Å²) in [5, 5.41) is 0. The van der Waals surface area contributed by atoms with Gasteiger partial charge >= 0.3 is 0 Å². The zero-order chi connectivity index (χ0) is 14.9. The van der Waals surface area contributed by atoms with Gasteiger partial charge in [-0.3, -0.25) is 0 Å². The van der Waals surface area contributed by atoms with Gasteiger partial charge in [-0.1, -0.05) is 79.2 Å². The lowest BCUT2D eigenvalue weighted by atomic mass is 9.86. The summed E-state index contributed by atoms with van der Waals surface area (Å²) in [6, 6.07) is 13.9. The van der Waals surface area contributed by atoms with Crippen molar-refractivity contribution in [1.29, 1.82) is 0 Å². The molecule has 2 heteroatoms. The Kier molecular flexibility index (Phi) is 4.33. The molecule has 2 aromatic rings. The summed E-state index contributed by atoms with van der Waals surface area (Å²) in [5.74, 6) is -0.130. The molecular weight excluding hydrogens is 315 g/mol. The number of hydrogen-bond acceptors (Lipinski definition) is 0. The third-order valence-electron chi connectivity index (χ3n) is 3.56. The van der Waals surface area contributed by atoms with Gasteiger partial charge in [-0.05, 0) is 29.0 Å². The van der Waals surface area contributed by atoms with Crippen LogP contribution in [0.4, 0.5) is 4.39 Å². The third-order valence-corrected chi connectivity index (χ3v) is 4.59. The van der Waals surface area contributed by atoms with E-state index in [9.17, 15) is 4.39 Å². The largest absolute Gasteiger partial charge is 0.206 e. The molecule has 1 unspecified atom stereocenters. The van der Waals surface area contributed by atoms with Crippen molar-refractivity contribution in [1.82, 2.24) is 0 Å². The molecule has 0 N–H and O–H groups in total. The highest BCUT2D eigenvalue weighted by Crippen LogP contribution is 2.34. The fraction of sp³-hybridized carbons (Fsp3) is 0.333. The van der Waals surface area contributed by atoms with Crippen LogP contribution in [0, 0.1) is 12.7 Å². The van der Waals surface area contributed by atoms with E-state index in [-0.39, 0.29) is 16.1 Å². The van der Waals surface area contributed by atoms with Gasteiger partial charge in [0.15, 0.2) is 0 Å². The van der Waals surface area contributed by atoms with Crippen molar-refractivity contribution in [2.45, 2.75) is 37.9 Å². The summed E-state index contributed by atoms with van der Waals surface area (Å²) < 4.78 is 14.2. The fourth-order valence-electron chi connectivity index (χ4n) is 2.20. The zero-order valence-electron chi connectivity index (χ0n) is 12.4. The molecule has 0 bridgehead atoms. The Hall–Kier alpha value is -1.15. The van der Waals surface area contributed by atoms with Crippen LogP contribution in [0.25, 0.3) is 0 Å². The monoisotopic (exact) mass is 334 g/mol. The van der Waals surface area contributed by atoms with E-state index < -0.39 is 0 Å². The number of benzene rings is 2. The second-order valence-corrected chi connectivity index (χ2v) is 7.13. The van der Waals surface area contributed by atoms with Crippen LogP contribution in [0.5, 0.6) is 0 Å². The molecule has 0 heterocycles. The van der Waals surface area contributed by atoms with Crippen LogP contribution < -0.4 is 0 Å². The first-order valence-electron chi connectivity index (χ1n) is 6.80. The maximum atomic E-state index is 14.2. The number of aryl methyl sites for hydroxylation is 1. The molecule has 0 spiro atoms. The average Bonchev–Trinajstić information content (AvgIpc) is 2.40. The van der Waals surface area contributed by atoms with E-state index in [0.717, 1.165) is 5.56 Å². The van der Waals surface area contributed by atoms with Crippen LogP contribution in [0.1, 0.15) is 47.9 Å². The van der Waals surface area contributed by atoms with Crippen molar-refractivity contribution in [2.24, 2.45) is 0 Å². The Bertz CT molecular complexity index is 594. The minimum absolute atomic E-state index is 0.114. The predicted octanol–water partition coefficient (Wildman–Crippen LogP) is 5.92. The zero-order valence-corrected chi connectivity index (χ0v) is 14.0. The van der Waals surface area contributed by atoms with E-state index in [1.807, 2.05) is 12.1 Å². The van der Waals surface area contributed by atoms with E-state index in [2.05, 4.69) is 61.0 Å². The summed E-state index contributed by atoms with van der Waals surface area (Å²) in [4.78, 5) is -0.114. The normalized spacial score (nSPS) is 13.3. The molecule has 0 aliphatic carbocycles. The third kappa shape index (κ3) is 3.12. The van der Waals surface area contributed by atoms with Crippen molar-refractivity contribution in [3.63, 3.8) is 0 Å². The van der Waals surface area contributed by atoms with Crippen LogP contribution in [0.15, 0.2) is 42.5 Å². The van der Waals surface area contributed by atoms with Gasteiger partial charge in [-0.2, -0.15) is 0 Å². The molecule has 2 aromatic carbocycles. The topological polar surface area (TPSA) is 0 Å². The average molecular weight is 335 g/mol. The van der Waals surface area contributed by atoms with Gasteiger partial charge in [0.1, 0.15) is 5.82 Å². The van der Waals surface area contributed by atoms with Gasteiger partial charge in [-0.15, -0.1) is 0 Å². The molecule has 0 nitrogen and oxygen atoms in total. The Balaban J connectivity index is 2.34. The van der Waals surface area contributed by atoms with Crippen molar-refractivity contribution in [2.75, 3.05) is 0 Å². The molecule has 0 aliphatic rings. The Morgan fingerprint density at radius 1 is 1.00 bits per heavy atom. The van der Waals surface area contributed by atoms with Gasteiger partial charge in [0.05, 0.1) is 4.83 Å². The highest BCUT2D eigenvalue weighted by molar-refractivity contribution is 9.09. The Morgan fingerprint density at radius 2 is 1.60 bits per heavy atom. The number of halogens is 2. The second-order valence-electron chi connectivity index (χ2n) is 6.21. The van der Waals surface area contributed by atoms with Crippen molar-refractivity contribution >= 4 is 15.9 Å². The van der Waals surface area contributed by atoms with Gasteiger partial charge in [0.25, 0.3) is 0 Å². The predicted molar refractivity (Wildman–Crippen MR) is 87.0 cm³/mol. The molecule has 0 amide bonds. The molecule has 106 valence electrons. The van der Waals surface area contributed by atoms with Gasteiger partial charge in [0, 0.05) is 5.56 Å². The molecule has 0 fully saturated rings. The van der Waals surface area contributed by atoms with E-state index in [1.54, 1.807) is 13.0 Å². The van der Waals surface area contributed by atoms with E-state index >= 15 is 0 Å². The number of hydrogen-bond donors (Lipinski definition) is 0. The first kappa shape index (κ1) is 15.2. The highest BCUT2D eigenvalue weighted by atomic mass is 79.9. The van der Waals surface area contributed by atoms with E-state index in [0.29, 0.717) is 11.1 Å². The van der Waals surface area contributed by atoms with Crippen LogP contribution in [0.2, 0.25) is 0 Å². The Labute approximate surface area is 129 Å². The first-order chi connectivity index (χ1) is 9.30. The van der Waals surface area contributed by atoms with Gasteiger partial charge in [-0.25, -0.2) is 4.39 Å². The molecule has 0 radical (unpaired) electrons. The fourth-order valence-corrected chi connectivity index (χ4v) is 2.86. The lowest BCUT2D eigenvalue weighted by Crippen LogP contribution is -2.10. The van der Waals surface area contributed by atoms with E-state index in [1.165, 1.54) is 5.56 Å². The lowest BCUT2D eigenvalue weighted by Gasteiger charge is -2.20. The maximum Gasteiger partial charge on any atom is 0.130 e. The van der Waals surface area contributed by atoms with Crippen molar-refractivity contribution < 1.29 is 4.39 Å². The van der Waals surface area contributed by atoms with Crippen molar-refractivity contribution in [3.8, 4) is 0 Å². The summed E-state index contributed by atoms with van der Waals surface area (Å²) in [6.07, 6.45) is 0. The van der Waals surface area contributed by atoms with Gasteiger partial charge in [0.2, 0.25) is 0 Å². The van der Waals surface area contributed by atoms with Crippen LogP contribution in [0.3, 0.4) is 0 Å². The van der Waals surface area contributed by atoms with Crippen LogP contribution in [-0.2, 0) is 5.41 Å². The summed E-state index contributed by atoms with van der Waals surface area (Å²) in [7, 11) is 0. The molecule has 0 saturated heterocycles. The van der Waals surface area contributed by atoms with Crippen molar-refractivity contribution in [3.05, 3.63) is 70.5 Å². The number of alkyl halides is 1. The quantitative estimate of drug-likeness (QED) is 0.598. The smallest absolute Gasteiger partial charge is 0.130 e. The van der Waals surface area contributed by atoms with E-state index in [4.69, 9.17) is 0 Å². The summed E-state index contributed by atoms with van der Waals surface area (Å²) >= 11 is 3.61. The van der Waals surface area contributed by atoms with Crippen LogP contribution in [-0.4, -0.2) is 0 Å². The Morgan fingerprint density at radius 3 is 2.15 bits per heavy atom. The second kappa shape index (κ2) is 5.69. The lowest BCUT2D eigenvalue weighted by molar-refractivity contribution is 0.589. The SMILES string of the molecule is Cc1cccc(C(Br)c2ccc(C(C)(C)C)cc2)c1F. The molecule has 20 heavy (non-hydrogen) atoms. The summed E-state index contributed by atoms with van der Waals surface area (Å²) in [6.45, 7) is 8.36.